The molecule has 1 aromatic rings. The minimum absolute atomic E-state index is 0.109. The summed E-state index contributed by atoms with van der Waals surface area (Å²) in [6, 6.07) is 4.10. The maximum Gasteiger partial charge on any atom is 0.220 e. The Labute approximate surface area is 139 Å². The summed E-state index contributed by atoms with van der Waals surface area (Å²) in [6.45, 7) is 12.2. The Morgan fingerprint density at radius 1 is 1.35 bits per heavy atom. The van der Waals surface area contributed by atoms with E-state index in [0.717, 1.165) is 24.3 Å². The SMILES string of the molecule is CC(=O)N1CCN(c2cc(C(C)C)cc(N)c2C=N)CC1(C)C. The van der Waals surface area contributed by atoms with Crippen molar-refractivity contribution in [3.63, 3.8) is 0 Å². The van der Waals surface area contributed by atoms with Crippen LogP contribution in [-0.2, 0) is 4.79 Å². The van der Waals surface area contributed by atoms with Crippen molar-refractivity contribution in [1.29, 1.82) is 5.41 Å². The molecule has 0 atom stereocenters. The molecule has 0 saturated carbocycles. The largest absolute Gasteiger partial charge is 0.398 e. The summed E-state index contributed by atoms with van der Waals surface area (Å²) in [5.41, 5.74) is 9.52. The first-order chi connectivity index (χ1) is 10.7. The summed E-state index contributed by atoms with van der Waals surface area (Å²) in [7, 11) is 0. The number of rotatable bonds is 3. The molecule has 0 spiro atoms. The number of anilines is 2. The number of hydrogen-bond acceptors (Lipinski definition) is 4. The Kier molecular flexibility index (Phi) is 4.68. The van der Waals surface area contributed by atoms with E-state index < -0.39 is 0 Å². The molecule has 2 rings (SSSR count). The van der Waals surface area contributed by atoms with E-state index in [9.17, 15) is 4.79 Å². The summed E-state index contributed by atoms with van der Waals surface area (Å²) in [6.07, 6.45) is 1.33. The third kappa shape index (κ3) is 3.33. The Bertz CT molecular complexity index is 622. The molecule has 1 saturated heterocycles. The van der Waals surface area contributed by atoms with Gasteiger partial charge in [0.15, 0.2) is 0 Å². The van der Waals surface area contributed by atoms with Crippen molar-refractivity contribution < 1.29 is 4.79 Å². The predicted molar refractivity (Wildman–Crippen MR) is 96.5 cm³/mol. The van der Waals surface area contributed by atoms with E-state index in [2.05, 4.69) is 38.7 Å². The molecule has 0 radical (unpaired) electrons. The molecule has 0 aromatic heterocycles. The lowest BCUT2D eigenvalue weighted by Gasteiger charge is -2.48. The first-order valence-corrected chi connectivity index (χ1v) is 8.14. The summed E-state index contributed by atoms with van der Waals surface area (Å²) in [5, 5.41) is 7.73. The van der Waals surface area contributed by atoms with Crippen molar-refractivity contribution in [2.75, 3.05) is 30.3 Å². The third-order valence-electron chi connectivity index (χ3n) is 4.65. The molecule has 0 unspecified atom stereocenters. The average Bonchev–Trinajstić information content (AvgIpc) is 2.44. The minimum atomic E-state index is -0.244. The minimum Gasteiger partial charge on any atom is -0.398 e. The summed E-state index contributed by atoms with van der Waals surface area (Å²) in [4.78, 5) is 16.0. The highest BCUT2D eigenvalue weighted by atomic mass is 16.2. The third-order valence-corrected chi connectivity index (χ3v) is 4.65. The van der Waals surface area contributed by atoms with Crippen molar-refractivity contribution in [3.8, 4) is 0 Å². The number of carbonyl (C=O) groups is 1. The Hall–Kier alpha value is -2.04. The fourth-order valence-corrected chi connectivity index (χ4v) is 3.38. The molecule has 1 aromatic carbocycles. The molecule has 126 valence electrons. The molecule has 1 heterocycles. The lowest BCUT2D eigenvalue weighted by molar-refractivity contribution is -0.134. The maximum absolute atomic E-state index is 11.8. The molecular weight excluding hydrogens is 288 g/mol. The lowest BCUT2D eigenvalue weighted by atomic mass is 9.94. The standard InChI is InChI=1S/C18H28N4O/c1-12(2)14-8-16(20)15(10-19)17(9-14)21-6-7-22(13(3)23)18(4,5)11-21/h8-10,12,19H,6-7,11,20H2,1-5H3. The molecule has 3 N–H and O–H groups in total. The molecule has 1 amide bonds. The second-order valence-corrected chi connectivity index (χ2v) is 7.25. The van der Waals surface area contributed by atoms with Gasteiger partial charge in [-0.3, -0.25) is 4.79 Å². The van der Waals surface area contributed by atoms with Crippen LogP contribution in [0.25, 0.3) is 0 Å². The van der Waals surface area contributed by atoms with Crippen LogP contribution in [0.15, 0.2) is 12.1 Å². The van der Waals surface area contributed by atoms with Crippen molar-refractivity contribution >= 4 is 23.5 Å². The number of carbonyl (C=O) groups excluding carboxylic acids is 1. The lowest BCUT2D eigenvalue weighted by Crippen LogP contribution is -2.60. The highest BCUT2D eigenvalue weighted by molar-refractivity contribution is 5.93. The van der Waals surface area contributed by atoms with Crippen molar-refractivity contribution in [1.82, 2.24) is 4.90 Å². The van der Waals surface area contributed by atoms with Crippen LogP contribution in [0, 0.1) is 5.41 Å². The van der Waals surface area contributed by atoms with E-state index in [1.165, 1.54) is 11.8 Å². The van der Waals surface area contributed by atoms with Crippen LogP contribution >= 0.6 is 0 Å². The van der Waals surface area contributed by atoms with Gasteiger partial charge in [-0.15, -0.1) is 0 Å². The Morgan fingerprint density at radius 3 is 2.48 bits per heavy atom. The second-order valence-electron chi connectivity index (χ2n) is 7.25. The van der Waals surface area contributed by atoms with Crippen molar-refractivity contribution in [3.05, 3.63) is 23.3 Å². The van der Waals surface area contributed by atoms with Gasteiger partial charge in [0, 0.05) is 49.7 Å². The number of piperazine rings is 1. The van der Waals surface area contributed by atoms with Gasteiger partial charge in [-0.1, -0.05) is 13.8 Å². The molecule has 1 aliphatic heterocycles. The van der Waals surface area contributed by atoms with Gasteiger partial charge in [-0.05, 0) is 37.5 Å². The van der Waals surface area contributed by atoms with Gasteiger partial charge in [0.2, 0.25) is 5.91 Å². The maximum atomic E-state index is 11.8. The van der Waals surface area contributed by atoms with E-state index in [0.29, 0.717) is 18.2 Å². The zero-order chi connectivity index (χ0) is 17.4. The van der Waals surface area contributed by atoms with E-state index in [4.69, 9.17) is 11.1 Å². The molecular formula is C18H28N4O. The van der Waals surface area contributed by atoms with Crippen LogP contribution in [0.2, 0.25) is 0 Å². The Balaban J connectivity index is 2.42. The van der Waals surface area contributed by atoms with Crippen LogP contribution < -0.4 is 10.6 Å². The van der Waals surface area contributed by atoms with Gasteiger partial charge >= 0.3 is 0 Å². The predicted octanol–water partition coefficient (Wildman–Crippen LogP) is 2.84. The number of nitrogens with two attached hydrogens (primary N) is 1. The average molecular weight is 316 g/mol. The number of nitrogen functional groups attached to an aromatic ring is 1. The number of amides is 1. The first kappa shape index (κ1) is 17.3. The van der Waals surface area contributed by atoms with E-state index in [1.807, 2.05) is 11.0 Å². The number of benzene rings is 1. The van der Waals surface area contributed by atoms with Gasteiger partial charge in [-0.2, -0.15) is 0 Å². The van der Waals surface area contributed by atoms with Crippen LogP contribution in [-0.4, -0.2) is 42.2 Å². The molecule has 1 aliphatic rings. The highest BCUT2D eigenvalue weighted by Gasteiger charge is 2.36. The monoisotopic (exact) mass is 316 g/mol. The topological polar surface area (TPSA) is 73.4 Å². The highest BCUT2D eigenvalue weighted by Crippen LogP contribution is 2.33. The van der Waals surface area contributed by atoms with Gasteiger partial charge < -0.3 is 20.9 Å². The molecule has 0 bridgehead atoms. The number of nitrogens with one attached hydrogen (secondary N) is 1. The van der Waals surface area contributed by atoms with Crippen LogP contribution in [0.4, 0.5) is 11.4 Å². The van der Waals surface area contributed by atoms with E-state index in [1.54, 1.807) is 6.92 Å². The van der Waals surface area contributed by atoms with Crippen LogP contribution in [0.5, 0.6) is 0 Å². The van der Waals surface area contributed by atoms with Gasteiger partial charge in [0.1, 0.15) is 0 Å². The zero-order valence-electron chi connectivity index (χ0n) is 14.8. The second kappa shape index (κ2) is 6.22. The van der Waals surface area contributed by atoms with Crippen LogP contribution in [0.1, 0.15) is 51.7 Å². The Morgan fingerprint density at radius 2 is 2.00 bits per heavy atom. The zero-order valence-corrected chi connectivity index (χ0v) is 14.8. The number of hydrogen-bond donors (Lipinski definition) is 2. The van der Waals surface area contributed by atoms with E-state index in [-0.39, 0.29) is 11.4 Å². The normalized spacial score (nSPS) is 17.5. The fourth-order valence-electron chi connectivity index (χ4n) is 3.38. The quantitative estimate of drug-likeness (QED) is 0.665. The smallest absolute Gasteiger partial charge is 0.220 e. The molecule has 5 nitrogen and oxygen atoms in total. The summed E-state index contributed by atoms with van der Waals surface area (Å²) < 4.78 is 0. The molecule has 23 heavy (non-hydrogen) atoms. The van der Waals surface area contributed by atoms with E-state index >= 15 is 0 Å². The summed E-state index contributed by atoms with van der Waals surface area (Å²) in [5.74, 6) is 0.486. The van der Waals surface area contributed by atoms with Crippen LogP contribution in [0.3, 0.4) is 0 Å². The first-order valence-electron chi connectivity index (χ1n) is 8.14. The van der Waals surface area contributed by atoms with Gasteiger partial charge in [0.05, 0.1) is 5.54 Å². The van der Waals surface area contributed by atoms with Gasteiger partial charge in [0.25, 0.3) is 0 Å². The van der Waals surface area contributed by atoms with Gasteiger partial charge in [-0.25, -0.2) is 0 Å². The van der Waals surface area contributed by atoms with Crippen molar-refractivity contribution in [2.24, 2.45) is 0 Å². The molecule has 0 aliphatic carbocycles. The molecule has 5 heteroatoms. The fraction of sp³-hybridized carbons (Fsp3) is 0.556. The summed E-state index contributed by atoms with van der Waals surface area (Å²) >= 11 is 0. The molecule has 1 fully saturated rings. The number of nitrogens with zero attached hydrogens (tertiary/aromatic N) is 2. The van der Waals surface area contributed by atoms with Crippen molar-refractivity contribution in [2.45, 2.75) is 46.1 Å².